The van der Waals surface area contributed by atoms with E-state index < -0.39 is 35.0 Å². The van der Waals surface area contributed by atoms with E-state index in [1.807, 2.05) is 0 Å². The summed E-state index contributed by atoms with van der Waals surface area (Å²) in [6.07, 6.45) is -10.0. The molecule has 1 aliphatic heterocycles. The van der Waals surface area contributed by atoms with Gasteiger partial charge in [-0.25, -0.2) is 0 Å². The minimum absolute atomic E-state index is 0.0302. The summed E-state index contributed by atoms with van der Waals surface area (Å²) >= 11 is 0. The van der Waals surface area contributed by atoms with Gasteiger partial charge in [0.2, 0.25) is 0 Å². The van der Waals surface area contributed by atoms with Crippen LogP contribution < -0.4 is 14.8 Å². The number of hydrogen-bond acceptors (Lipinski definition) is 3. The molecule has 0 saturated heterocycles. The molecule has 0 saturated carbocycles. The van der Waals surface area contributed by atoms with Crippen molar-refractivity contribution in [1.82, 2.24) is 5.32 Å². The molecule has 1 amide bonds. The van der Waals surface area contributed by atoms with Gasteiger partial charge in [-0.05, 0) is 35.9 Å². The minimum atomic E-state index is -5.02. The number of hydrogen-bond donors (Lipinski definition) is 1. The van der Waals surface area contributed by atoms with Gasteiger partial charge in [0.15, 0.2) is 11.5 Å². The van der Waals surface area contributed by atoms with Crippen molar-refractivity contribution < 1.29 is 40.6 Å². The number of carbonyl (C=O) groups is 1. The quantitative estimate of drug-likeness (QED) is 0.769. The molecule has 150 valence electrons. The molecule has 0 radical (unpaired) electrons. The summed E-state index contributed by atoms with van der Waals surface area (Å²) in [5, 5.41) is 2.31. The smallest absolute Gasteiger partial charge is 0.416 e. The van der Waals surface area contributed by atoms with E-state index in [1.165, 1.54) is 0 Å². The number of halogens is 6. The molecule has 0 bridgehead atoms. The lowest BCUT2D eigenvalue weighted by Gasteiger charge is -2.19. The maximum atomic E-state index is 12.9. The van der Waals surface area contributed by atoms with Crippen molar-refractivity contribution in [3.05, 3.63) is 58.7 Å². The summed E-state index contributed by atoms with van der Waals surface area (Å²) in [6, 6.07) is 5.51. The fourth-order valence-corrected chi connectivity index (χ4v) is 2.57. The topological polar surface area (TPSA) is 47.6 Å². The Kier molecular flexibility index (Phi) is 5.14. The van der Waals surface area contributed by atoms with Gasteiger partial charge in [0, 0.05) is 12.1 Å². The molecule has 1 N–H and O–H groups in total. The van der Waals surface area contributed by atoms with Gasteiger partial charge < -0.3 is 14.8 Å². The standard InChI is InChI=1S/C18H13F6NO3/c19-17(20,21)12-6-11(7-13(8-12)18(22,23)24)16(26)25-9-10-1-2-14-15(5-10)28-4-3-27-14/h1-2,5-8H,3-4,9H2,(H,25,26). The molecule has 2 aromatic rings. The number of nitrogens with one attached hydrogen (secondary N) is 1. The monoisotopic (exact) mass is 405 g/mol. The van der Waals surface area contributed by atoms with E-state index >= 15 is 0 Å². The van der Waals surface area contributed by atoms with E-state index in [9.17, 15) is 31.1 Å². The average Bonchev–Trinajstić information content (AvgIpc) is 2.64. The summed E-state index contributed by atoms with van der Waals surface area (Å²) in [5.41, 5.74) is -3.29. The number of amides is 1. The second-order valence-corrected chi connectivity index (χ2v) is 5.96. The van der Waals surface area contributed by atoms with Crippen LogP contribution in [-0.2, 0) is 18.9 Å². The third-order valence-electron chi connectivity index (χ3n) is 3.91. The highest BCUT2D eigenvalue weighted by molar-refractivity contribution is 5.94. The van der Waals surface area contributed by atoms with Gasteiger partial charge in [-0.2, -0.15) is 26.3 Å². The van der Waals surface area contributed by atoms with Crippen LogP contribution in [0.2, 0.25) is 0 Å². The molecule has 0 aliphatic carbocycles. The Morgan fingerprint density at radius 3 is 2.00 bits per heavy atom. The molecule has 1 aliphatic rings. The first-order valence-corrected chi connectivity index (χ1v) is 8.00. The second kappa shape index (κ2) is 7.25. The predicted octanol–water partition coefficient (Wildman–Crippen LogP) is 4.43. The van der Waals surface area contributed by atoms with E-state index in [4.69, 9.17) is 9.47 Å². The van der Waals surface area contributed by atoms with Crippen molar-refractivity contribution >= 4 is 5.91 Å². The maximum Gasteiger partial charge on any atom is 0.416 e. The Hall–Kier alpha value is -2.91. The number of rotatable bonds is 3. The van der Waals surface area contributed by atoms with Crippen molar-refractivity contribution in [3.63, 3.8) is 0 Å². The molecule has 3 rings (SSSR count). The van der Waals surface area contributed by atoms with Gasteiger partial charge in [0.05, 0.1) is 11.1 Å². The zero-order valence-electron chi connectivity index (χ0n) is 14.1. The second-order valence-electron chi connectivity index (χ2n) is 5.96. The Balaban J connectivity index is 1.80. The highest BCUT2D eigenvalue weighted by atomic mass is 19.4. The van der Waals surface area contributed by atoms with Crippen LogP contribution in [0.5, 0.6) is 11.5 Å². The van der Waals surface area contributed by atoms with Crippen LogP contribution in [0.1, 0.15) is 27.0 Å². The van der Waals surface area contributed by atoms with Crippen molar-refractivity contribution in [1.29, 1.82) is 0 Å². The maximum absolute atomic E-state index is 12.9. The fourth-order valence-electron chi connectivity index (χ4n) is 2.57. The molecule has 0 fully saturated rings. The number of alkyl halides is 6. The van der Waals surface area contributed by atoms with Crippen LogP contribution in [0.3, 0.4) is 0 Å². The van der Waals surface area contributed by atoms with E-state index in [-0.39, 0.29) is 12.6 Å². The summed E-state index contributed by atoms with van der Waals surface area (Å²) in [4.78, 5) is 12.2. The Morgan fingerprint density at radius 2 is 1.43 bits per heavy atom. The van der Waals surface area contributed by atoms with Gasteiger partial charge in [-0.3, -0.25) is 4.79 Å². The van der Waals surface area contributed by atoms with Crippen LogP contribution in [-0.4, -0.2) is 19.1 Å². The zero-order chi connectivity index (χ0) is 20.5. The van der Waals surface area contributed by atoms with Gasteiger partial charge in [0.1, 0.15) is 13.2 Å². The molecule has 0 aromatic heterocycles. The molecular formula is C18H13F6NO3. The third-order valence-corrected chi connectivity index (χ3v) is 3.91. The van der Waals surface area contributed by atoms with Crippen LogP contribution in [0, 0.1) is 0 Å². The number of carbonyl (C=O) groups excluding carboxylic acids is 1. The van der Waals surface area contributed by atoms with Gasteiger partial charge >= 0.3 is 12.4 Å². The Morgan fingerprint density at radius 1 is 0.857 bits per heavy atom. The van der Waals surface area contributed by atoms with Crippen LogP contribution in [0.15, 0.2) is 36.4 Å². The lowest BCUT2D eigenvalue weighted by molar-refractivity contribution is -0.143. The Labute approximate surface area is 155 Å². The number of benzene rings is 2. The van der Waals surface area contributed by atoms with Crippen molar-refractivity contribution in [3.8, 4) is 11.5 Å². The van der Waals surface area contributed by atoms with Crippen molar-refractivity contribution in [2.75, 3.05) is 13.2 Å². The van der Waals surface area contributed by atoms with Crippen molar-refractivity contribution in [2.45, 2.75) is 18.9 Å². The number of ether oxygens (including phenoxy) is 2. The average molecular weight is 405 g/mol. The van der Waals surface area contributed by atoms with E-state index in [1.54, 1.807) is 18.2 Å². The van der Waals surface area contributed by atoms with Gasteiger partial charge in [0.25, 0.3) is 5.91 Å². The molecule has 0 atom stereocenters. The van der Waals surface area contributed by atoms with Crippen LogP contribution in [0.25, 0.3) is 0 Å². The zero-order valence-corrected chi connectivity index (χ0v) is 14.1. The lowest BCUT2D eigenvalue weighted by atomic mass is 10.0. The van der Waals surface area contributed by atoms with Crippen LogP contribution >= 0.6 is 0 Å². The highest BCUT2D eigenvalue weighted by Gasteiger charge is 2.37. The molecule has 0 unspecified atom stereocenters. The summed E-state index contributed by atoms with van der Waals surface area (Å²) < 4.78 is 88.0. The summed E-state index contributed by atoms with van der Waals surface area (Å²) in [6.45, 7) is 0.612. The summed E-state index contributed by atoms with van der Waals surface area (Å²) in [5.74, 6) is -0.114. The van der Waals surface area contributed by atoms with E-state index in [0.717, 1.165) is 0 Å². The van der Waals surface area contributed by atoms with Gasteiger partial charge in [-0.15, -0.1) is 0 Å². The van der Waals surface area contributed by atoms with E-state index in [0.29, 0.717) is 42.4 Å². The highest BCUT2D eigenvalue weighted by Crippen LogP contribution is 2.36. The SMILES string of the molecule is O=C(NCc1ccc2c(c1)OCCO2)c1cc(C(F)(F)F)cc(C(F)(F)F)c1. The Bertz CT molecular complexity index is 860. The first-order chi connectivity index (χ1) is 13.0. The predicted molar refractivity (Wildman–Crippen MR) is 85.0 cm³/mol. The fraction of sp³-hybridized carbons (Fsp3) is 0.278. The largest absolute Gasteiger partial charge is 0.486 e. The lowest BCUT2D eigenvalue weighted by Crippen LogP contribution is -2.24. The summed E-state index contributed by atoms with van der Waals surface area (Å²) in [7, 11) is 0. The molecule has 2 aromatic carbocycles. The molecule has 28 heavy (non-hydrogen) atoms. The molecule has 10 heteroatoms. The molecule has 0 spiro atoms. The van der Waals surface area contributed by atoms with Crippen molar-refractivity contribution in [2.24, 2.45) is 0 Å². The molecular weight excluding hydrogens is 392 g/mol. The first-order valence-electron chi connectivity index (χ1n) is 8.00. The molecule has 4 nitrogen and oxygen atoms in total. The third kappa shape index (κ3) is 4.49. The normalized spacial score (nSPS) is 13.9. The number of fused-ring (bicyclic) bond motifs is 1. The van der Waals surface area contributed by atoms with Crippen LogP contribution in [0.4, 0.5) is 26.3 Å². The molecule has 1 heterocycles. The minimum Gasteiger partial charge on any atom is -0.486 e. The first kappa shape index (κ1) is 19.8. The van der Waals surface area contributed by atoms with E-state index in [2.05, 4.69) is 5.32 Å². The van der Waals surface area contributed by atoms with Gasteiger partial charge in [-0.1, -0.05) is 6.07 Å².